The van der Waals surface area contributed by atoms with Crippen LogP contribution in [0.15, 0.2) is 60.7 Å². The van der Waals surface area contributed by atoms with Crippen molar-refractivity contribution in [3.63, 3.8) is 0 Å². The van der Waals surface area contributed by atoms with Crippen molar-refractivity contribution in [1.29, 1.82) is 0 Å². The molecule has 35 heavy (non-hydrogen) atoms. The van der Waals surface area contributed by atoms with Crippen molar-refractivity contribution < 1.29 is 14.3 Å². The van der Waals surface area contributed by atoms with Crippen LogP contribution in [0.25, 0.3) is 10.8 Å². The van der Waals surface area contributed by atoms with Crippen LogP contribution >= 0.6 is 0 Å². The molecule has 3 aliphatic rings. The highest BCUT2D eigenvalue weighted by Crippen LogP contribution is 2.48. The van der Waals surface area contributed by atoms with E-state index in [1.807, 2.05) is 18.2 Å². The maximum Gasteiger partial charge on any atom is 0.223 e. The number of hydrogen-bond acceptors (Lipinski definition) is 4. The third-order valence-corrected chi connectivity index (χ3v) is 7.48. The molecular formula is C30H36N2O3. The Morgan fingerprint density at radius 1 is 0.857 bits per heavy atom. The van der Waals surface area contributed by atoms with Gasteiger partial charge in [0.25, 0.3) is 0 Å². The molecule has 2 N–H and O–H groups in total. The van der Waals surface area contributed by atoms with E-state index in [0.717, 1.165) is 37.2 Å². The van der Waals surface area contributed by atoms with Crippen LogP contribution in [0.3, 0.4) is 0 Å². The number of likely N-dealkylation sites (tertiary alicyclic amines) is 1. The largest absolute Gasteiger partial charge is 0.486 e. The Morgan fingerprint density at radius 3 is 2.31 bits per heavy atom. The second kappa shape index (κ2) is 10.7. The molecule has 184 valence electrons. The van der Waals surface area contributed by atoms with Crippen molar-refractivity contribution in [2.45, 2.75) is 44.9 Å². The highest BCUT2D eigenvalue weighted by atomic mass is 16.6. The molecule has 1 saturated heterocycles. The SMILES string of the molecule is NC(=O)C1(Cc2ccc3ccccc3c2)CC1.c1cc2c(cc1CCCN1CCCC1)OCCO2. The first-order chi connectivity index (χ1) is 17.1. The summed E-state index contributed by atoms with van der Waals surface area (Å²) in [6.07, 6.45) is 7.79. The van der Waals surface area contributed by atoms with E-state index >= 15 is 0 Å². The van der Waals surface area contributed by atoms with E-state index < -0.39 is 0 Å². The average molecular weight is 473 g/mol. The van der Waals surface area contributed by atoms with Crippen LogP contribution in [0, 0.1) is 5.41 Å². The molecule has 0 unspecified atom stereocenters. The Balaban J connectivity index is 0.000000145. The quantitative estimate of drug-likeness (QED) is 0.518. The van der Waals surface area contributed by atoms with E-state index in [2.05, 4.69) is 47.4 Å². The van der Waals surface area contributed by atoms with Crippen molar-refractivity contribution in [3.8, 4) is 11.5 Å². The number of ether oxygens (including phenoxy) is 2. The summed E-state index contributed by atoms with van der Waals surface area (Å²) in [6.45, 7) is 5.16. The predicted octanol–water partition coefficient (Wildman–Crippen LogP) is 5.13. The highest BCUT2D eigenvalue weighted by Gasteiger charge is 2.48. The van der Waals surface area contributed by atoms with Crippen LogP contribution in [0.4, 0.5) is 0 Å². The molecule has 1 aliphatic carbocycles. The smallest absolute Gasteiger partial charge is 0.223 e. The first-order valence-corrected chi connectivity index (χ1v) is 13.0. The molecule has 0 radical (unpaired) electrons. The summed E-state index contributed by atoms with van der Waals surface area (Å²) in [6, 6.07) is 21.0. The van der Waals surface area contributed by atoms with Gasteiger partial charge >= 0.3 is 0 Å². The number of fused-ring (bicyclic) bond motifs is 2. The number of amides is 1. The minimum Gasteiger partial charge on any atom is -0.486 e. The lowest BCUT2D eigenvalue weighted by Crippen LogP contribution is -2.26. The second-order valence-corrected chi connectivity index (χ2v) is 10.1. The van der Waals surface area contributed by atoms with Gasteiger partial charge in [0.1, 0.15) is 13.2 Å². The van der Waals surface area contributed by atoms with Gasteiger partial charge in [0.2, 0.25) is 5.91 Å². The van der Waals surface area contributed by atoms with Gasteiger partial charge in [-0.1, -0.05) is 48.5 Å². The number of nitrogens with two attached hydrogens (primary N) is 1. The molecule has 5 nitrogen and oxygen atoms in total. The van der Waals surface area contributed by atoms with Crippen LogP contribution in [0.1, 0.15) is 43.2 Å². The molecule has 0 atom stereocenters. The number of carbonyl (C=O) groups is 1. The average Bonchev–Trinajstić information content (AvgIpc) is 3.49. The van der Waals surface area contributed by atoms with Gasteiger partial charge < -0.3 is 20.1 Å². The van der Waals surface area contributed by atoms with Gasteiger partial charge in [0.05, 0.1) is 5.41 Å². The molecule has 2 aliphatic heterocycles. The Kier molecular flexibility index (Phi) is 7.24. The van der Waals surface area contributed by atoms with Crippen molar-refractivity contribution in [3.05, 3.63) is 71.8 Å². The van der Waals surface area contributed by atoms with Gasteiger partial charge in [0, 0.05) is 0 Å². The van der Waals surface area contributed by atoms with Crippen molar-refractivity contribution in [2.75, 3.05) is 32.8 Å². The summed E-state index contributed by atoms with van der Waals surface area (Å²) in [5.41, 5.74) is 7.77. The van der Waals surface area contributed by atoms with Crippen LogP contribution in [-0.4, -0.2) is 43.7 Å². The number of aryl methyl sites for hydroxylation is 1. The summed E-state index contributed by atoms with van der Waals surface area (Å²) >= 11 is 0. The molecule has 1 amide bonds. The fourth-order valence-electron chi connectivity index (χ4n) is 5.16. The van der Waals surface area contributed by atoms with Gasteiger partial charge in [-0.3, -0.25) is 4.79 Å². The number of carbonyl (C=O) groups excluding carboxylic acids is 1. The molecular weight excluding hydrogens is 436 g/mol. The molecule has 0 spiro atoms. The number of primary amides is 1. The summed E-state index contributed by atoms with van der Waals surface area (Å²) < 4.78 is 11.1. The molecule has 5 heteroatoms. The third-order valence-electron chi connectivity index (χ3n) is 7.48. The van der Waals surface area contributed by atoms with Gasteiger partial charge in [0.15, 0.2) is 11.5 Å². The maximum absolute atomic E-state index is 11.4. The lowest BCUT2D eigenvalue weighted by molar-refractivity contribution is -0.123. The molecule has 1 saturated carbocycles. The predicted molar refractivity (Wildman–Crippen MR) is 140 cm³/mol. The molecule has 2 heterocycles. The van der Waals surface area contributed by atoms with Gasteiger partial charge in [-0.05, 0) is 98.6 Å². The van der Waals surface area contributed by atoms with Crippen molar-refractivity contribution in [2.24, 2.45) is 11.1 Å². The molecule has 3 aromatic rings. The zero-order chi connectivity index (χ0) is 24.1. The number of benzene rings is 3. The number of rotatable bonds is 7. The summed E-state index contributed by atoms with van der Waals surface area (Å²) in [4.78, 5) is 13.9. The monoisotopic (exact) mass is 472 g/mol. The Labute approximate surface area is 208 Å². The van der Waals surface area contributed by atoms with E-state index in [4.69, 9.17) is 15.2 Å². The number of nitrogens with zero attached hydrogens (tertiary/aromatic N) is 1. The summed E-state index contributed by atoms with van der Waals surface area (Å²) in [5.74, 6) is 1.66. The molecule has 0 aromatic heterocycles. The van der Waals surface area contributed by atoms with E-state index in [1.54, 1.807) is 0 Å². The molecule has 3 aromatic carbocycles. The van der Waals surface area contributed by atoms with E-state index in [9.17, 15) is 4.79 Å². The number of hydrogen-bond donors (Lipinski definition) is 1. The minimum atomic E-state index is -0.248. The zero-order valence-corrected chi connectivity index (χ0v) is 20.5. The Morgan fingerprint density at radius 2 is 1.57 bits per heavy atom. The lowest BCUT2D eigenvalue weighted by Gasteiger charge is -2.19. The fourth-order valence-corrected chi connectivity index (χ4v) is 5.16. The van der Waals surface area contributed by atoms with Crippen LogP contribution in [0.5, 0.6) is 11.5 Å². The van der Waals surface area contributed by atoms with Crippen LogP contribution in [-0.2, 0) is 17.6 Å². The summed E-state index contributed by atoms with van der Waals surface area (Å²) in [5, 5.41) is 2.46. The van der Waals surface area contributed by atoms with Crippen LogP contribution < -0.4 is 15.2 Å². The van der Waals surface area contributed by atoms with Gasteiger partial charge in [-0.25, -0.2) is 0 Å². The third kappa shape index (κ3) is 5.96. The first kappa shape index (κ1) is 23.7. The standard InChI is InChI=1S/C15H21NO2.C15H15NO/c1-2-8-16(7-1)9-3-4-13-5-6-14-15(12-13)18-11-10-17-14;16-14(17)15(7-8-15)10-11-5-6-12-3-1-2-4-13(12)9-11/h5-6,12H,1-4,7-11H2;1-6,9H,7-8,10H2,(H2,16,17). The topological polar surface area (TPSA) is 64.8 Å². The molecule has 6 rings (SSSR count). The maximum atomic E-state index is 11.4. The Hall–Kier alpha value is -3.05. The normalized spacial score (nSPS) is 18.1. The second-order valence-electron chi connectivity index (χ2n) is 10.1. The van der Waals surface area contributed by atoms with Crippen LogP contribution in [0.2, 0.25) is 0 Å². The molecule has 0 bridgehead atoms. The van der Waals surface area contributed by atoms with Gasteiger partial charge in [-0.15, -0.1) is 0 Å². The zero-order valence-electron chi connectivity index (χ0n) is 20.5. The molecule has 2 fully saturated rings. The Bertz CT molecular complexity index is 1170. The highest BCUT2D eigenvalue weighted by molar-refractivity contribution is 5.85. The van der Waals surface area contributed by atoms with Crippen molar-refractivity contribution in [1.82, 2.24) is 4.90 Å². The minimum absolute atomic E-state index is 0.148. The van der Waals surface area contributed by atoms with E-state index in [-0.39, 0.29) is 11.3 Å². The fraction of sp³-hybridized carbons (Fsp3) is 0.433. The van der Waals surface area contributed by atoms with Gasteiger partial charge in [-0.2, -0.15) is 0 Å². The van der Waals surface area contributed by atoms with E-state index in [1.165, 1.54) is 60.8 Å². The first-order valence-electron chi connectivity index (χ1n) is 13.0. The lowest BCUT2D eigenvalue weighted by atomic mass is 9.94. The van der Waals surface area contributed by atoms with E-state index in [0.29, 0.717) is 13.2 Å². The summed E-state index contributed by atoms with van der Waals surface area (Å²) in [7, 11) is 0. The van der Waals surface area contributed by atoms with Crippen molar-refractivity contribution >= 4 is 16.7 Å².